The quantitative estimate of drug-likeness (QED) is 0.517. The average molecular weight is 437 g/mol. The monoisotopic (exact) mass is 436 g/mol. The molecule has 2 aromatic carbocycles. The minimum atomic E-state index is -0.197. The summed E-state index contributed by atoms with van der Waals surface area (Å²) in [5.41, 5.74) is 2.54. The largest absolute Gasteiger partial charge is 0.490 e. The van der Waals surface area contributed by atoms with Crippen LogP contribution in [0.15, 0.2) is 48.5 Å². The number of hydrogen-bond acceptors (Lipinski definition) is 4. The first-order valence-corrected chi connectivity index (χ1v) is 11.3. The van der Waals surface area contributed by atoms with Gasteiger partial charge in [-0.2, -0.15) is 0 Å². The lowest BCUT2D eigenvalue weighted by Gasteiger charge is -2.12. The van der Waals surface area contributed by atoms with Crippen molar-refractivity contribution in [2.45, 2.75) is 46.1 Å². The molecule has 0 spiro atoms. The lowest BCUT2D eigenvalue weighted by Crippen LogP contribution is -2.21. The molecule has 0 atom stereocenters. The molecular weight excluding hydrogens is 404 g/mol. The van der Waals surface area contributed by atoms with Gasteiger partial charge in [0.15, 0.2) is 11.5 Å². The van der Waals surface area contributed by atoms with Gasteiger partial charge in [0.2, 0.25) is 11.8 Å². The highest BCUT2D eigenvalue weighted by atomic mass is 16.5. The molecule has 170 valence electrons. The Labute approximate surface area is 190 Å². The SMILES string of the molecule is CCOc1ccc(/C=C/C(=O)NCc2cccc(NC(=O)C3CCCC3)c2)cc1OCC. The Bertz CT molecular complexity index is 949. The van der Waals surface area contributed by atoms with E-state index in [0.29, 0.717) is 31.3 Å². The first-order chi connectivity index (χ1) is 15.6. The van der Waals surface area contributed by atoms with Gasteiger partial charge in [0, 0.05) is 24.2 Å². The summed E-state index contributed by atoms with van der Waals surface area (Å²) in [5, 5.41) is 5.88. The van der Waals surface area contributed by atoms with Crippen molar-refractivity contribution in [2.75, 3.05) is 18.5 Å². The van der Waals surface area contributed by atoms with Crippen LogP contribution in [0.3, 0.4) is 0 Å². The van der Waals surface area contributed by atoms with Crippen molar-refractivity contribution in [3.8, 4) is 11.5 Å². The second kappa shape index (κ2) is 11.9. The Morgan fingerprint density at radius 3 is 2.50 bits per heavy atom. The molecule has 0 aromatic heterocycles. The molecule has 2 N–H and O–H groups in total. The summed E-state index contributed by atoms with van der Waals surface area (Å²) in [7, 11) is 0. The number of amides is 2. The van der Waals surface area contributed by atoms with Crippen LogP contribution in [0.5, 0.6) is 11.5 Å². The maximum Gasteiger partial charge on any atom is 0.244 e. The van der Waals surface area contributed by atoms with Gasteiger partial charge in [0.25, 0.3) is 0 Å². The molecule has 0 unspecified atom stereocenters. The molecule has 1 fully saturated rings. The Balaban J connectivity index is 1.53. The fourth-order valence-electron chi connectivity index (χ4n) is 3.78. The molecule has 1 saturated carbocycles. The molecule has 3 rings (SSSR count). The summed E-state index contributed by atoms with van der Waals surface area (Å²) >= 11 is 0. The lowest BCUT2D eigenvalue weighted by molar-refractivity contribution is -0.119. The highest BCUT2D eigenvalue weighted by Crippen LogP contribution is 2.29. The highest BCUT2D eigenvalue weighted by molar-refractivity contribution is 5.93. The topological polar surface area (TPSA) is 76.7 Å². The number of ether oxygens (including phenoxy) is 2. The highest BCUT2D eigenvalue weighted by Gasteiger charge is 2.22. The second-order valence-corrected chi connectivity index (χ2v) is 7.79. The molecule has 6 nitrogen and oxygen atoms in total. The minimum Gasteiger partial charge on any atom is -0.490 e. The molecular formula is C26H32N2O4. The van der Waals surface area contributed by atoms with Crippen LogP contribution in [0.25, 0.3) is 6.08 Å². The van der Waals surface area contributed by atoms with Crippen molar-refractivity contribution in [1.29, 1.82) is 0 Å². The number of anilines is 1. The van der Waals surface area contributed by atoms with Crippen molar-refractivity contribution in [2.24, 2.45) is 5.92 Å². The van der Waals surface area contributed by atoms with Crippen molar-refractivity contribution in [3.63, 3.8) is 0 Å². The summed E-state index contributed by atoms with van der Waals surface area (Å²) in [6.45, 7) is 5.31. The van der Waals surface area contributed by atoms with Gasteiger partial charge in [0.05, 0.1) is 13.2 Å². The van der Waals surface area contributed by atoms with Gasteiger partial charge in [-0.25, -0.2) is 0 Å². The maximum absolute atomic E-state index is 12.3. The van der Waals surface area contributed by atoms with E-state index in [2.05, 4.69) is 10.6 Å². The van der Waals surface area contributed by atoms with E-state index in [1.54, 1.807) is 6.08 Å². The standard InChI is InChI=1S/C26H32N2O4/c1-3-31-23-14-12-19(17-24(23)32-4-2)13-15-25(29)27-18-20-8-7-11-22(16-20)28-26(30)21-9-5-6-10-21/h7-8,11-17,21H,3-6,9-10,18H2,1-2H3,(H,27,29)(H,28,30)/b15-13+. The zero-order valence-corrected chi connectivity index (χ0v) is 18.9. The van der Waals surface area contributed by atoms with Crippen molar-refractivity contribution in [3.05, 3.63) is 59.7 Å². The van der Waals surface area contributed by atoms with E-state index in [0.717, 1.165) is 42.5 Å². The molecule has 2 amide bonds. The van der Waals surface area contributed by atoms with Crippen molar-refractivity contribution in [1.82, 2.24) is 5.32 Å². The van der Waals surface area contributed by atoms with Gasteiger partial charge >= 0.3 is 0 Å². The third-order valence-electron chi connectivity index (χ3n) is 5.38. The fraction of sp³-hybridized carbons (Fsp3) is 0.385. The molecule has 0 heterocycles. The van der Waals surface area contributed by atoms with Crippen LogP contribution in [-0.4, -0.2) is 25.0 Å². The van der Waals surface area contributed by atoms with E-state index >= 15 is 0 Å². The van der Waals surface area contributed by atoms with E-state index in [9.17, 15) is 9.59 Å². The van der Waals surface area contributed by atoms with E-state index in [-0.39, 0.29) is 17.7 Å². The van der Waals surface area contributed by atoms with Crippen LogP contribution in [0.1, 0.15) is 50.7 Å². The number of nitrogens with one attached hydrogen (secondary N) is 2. The summed E-state index contributed by atoms with van der Waals surface area (Å²) in [6.07, 6.45) is 7.42. The Morgan fingerprint density at radius 1 is 1.00 bits per heavy atom. The summed E-state index contributed by atoms with van der Waals surface area (Å²) in [4.78, 5) is 24.6. The van der Waals surface area contributed by atoms with Gasteiger partial charge in [-0.05, 0) is 68.2 Å². The van der Waals surface area contributed by atoms with Crippen LogP contribution in [0, 0.1) is 5.92 Å². The molecule has 32 heavy (non-hydrogen) atoms. The zero-order valence-electron chi connectivity index (χ0n) is 18.9. The van der Waals surface area contributed by atoms with Crippen LogP contribution in [0.4, 0.5) is 5.69 Å². The maximum atomic E-state index is 12.3. The summed E-state index contributed by atoms with van der Waals surface area (Å²) < 4.78 is 11.2. The Hall–Kier alpha value is -3.28. The number of carbonyl (C=O) groups excluding carboxylic acids is 2. The Kier molecular flexibility index (Phi) is 8.72. The van der Waals surface area contributed by atoms with Crippen LogP contribution >= 0.6 is 0 Å². The van der Waals surface area contributed by atoms with Crippen LogP contribution in [0.2, 0.25) is 0 Å². The van der Waals surface area contributed by atoms with Crippen molar-refractivity contribution < 1.29 is 19.1 Å². The molecule has 2 aromatic rings. The van der Waals surface area contributed by atoms with Crippen LogP contribution < -0.4 is 20.1 Å². The van der Waals surface area contributed by atoms with E-state index in [1.165, 1.54) is 6.08 Å². The minimum absolute atomic E-state index is 0.0911. The zero-order chi connectivity index (χ0) is 22.8. The number of carbonyl (C=O) groups is 2. The van der Waals surface area contributed by atoms with Crippen molar-refractivity contribution >= 4 is 23.6 Å². The third kappa shape index (κ3) is 6.87. The normalized spacial score (nSPS) is 13.8. The number of hydrogen-bond donors (Lipinski definition) is 2. The molecule has 6 heteroatoms. The smallest absolute Gasteiger partial charge is 0.244 e. The molecule has 1 aliphatic rings. The molecule has 0 bridgehead atoms. The summed E-state index contributed by atoms with van der Waals surface area (Å²) in [5.74, 6) is 1.37. The first kappa shape index (κ1) is 23.4. The number of rotatable bonds is 10. The lowest BCUT2D eigenvalue weighted by atomic mass is 10.1. The van der Waals surface area contributed by atoms with Gasteiger partial charge in [-0.1, -0.05) is 31.0 Å². The predicted octanol–water partition coefficient (Wildman–Crippen LogP) is 4.94. The Morgan fingerprint density at radius 2 is 1.75 bits per heavy atom. The van der Waals surface area contributed by atoms with E-state index in [1.807, 2.05) is 56.3 Å². The second-order valence-electron chi connectivity index (χ2n) is 7.79. The van der Waals surface area contributed by atoms with Gasteiger partial charge < -0.3 is 20.1 Å². The first-order valence-electron chi connectivity index (χ1n) is 11.3. The third-order valence-corrected chi connectivity index (χ3v) is 5.38. The predicted molar refractivity (Wildman–Crippen MR) is 127 cm³/mol. The molecule has 0 radical (unpaired) electrons. The number of benzene rings is 2. The van der Waals surface area contributed by atoms with Gasteiger partial charge in [0.1, 0.15) is 0 Å². The van der Waals surface area contributed by atoms with Gasteiger partial charge in [-0.15, -0.1) is 0 Å². The summed E-state index contributed by atoms with van der Waals surface area (Å²) in [6, 6.07) is 13.2. The van der Waals surface area contributed by atoms with E-state index in [4.69, 9.17) is 9.47 Å². The van der Waals surface area contributed by atoms with E-state index < -0.39 is 0 Å². The van der Waals surface area contributed by atoms with Gasteiger partial charge in [-0.3, -0.25) is 9.59 Å². The van der Waals surface area contributed by atoms with Crippen LogP contribution in [-0.2, 0) is 16.1 Å². The average Bonchev–Trinajstić information content (AvgIpc) is 3.34. The molecule has 0 aliphatic heterocycles. The molecule has 1 aliphatic carbocycles. The fourth-order valence-corrected chi connectivity index (χ4v) is 3.78. The molecule has 0 saturated heterocycles.